The third kappa shape index (κ3) is 2.91. The van der Waals surface area contributed by atoms with Crippen molar-refractivity contribution in [2.75, 3.05) is 11.9 Å². The number of hydrogen-bond acceptors (Lipinski definition) is 7. The maximum absolute atomic E-state index is 12.3. The van der Waals surface area contributed by atoms with Gasteiger partial charge in [-0.15, -0.1) is 10.2 Å². The first-order valence-corrected chi connectivity index (χ1v) is 7.75. The molecule has 0 unspecified atom stereocenters. The molecular formula is C13H17N3O4S. The normalized spacial score (nSPS) is 27.6. The number of cyclic esters (lactones) is 1. The second-order valence-electron chi connectivity index (χ2n) is 5.77. The molecule has 0 spiro atoms. The third-order valence-electron chi connectivity index (χ3n) is 3.78. The number of nitrogens with zero attached hydrogens (tertiary/aromatic N) is 2. The number of carbonyl (C=O) groups excluding carboxylic acids is 2. The fourth-order valence-electron chi connectivity index (χ4n) is 2.61. The Morgan fingerprint density at radius 1 is 1.43 bits per heavy atom. The average molecular weight is 311 g/mol. The fourth-order valence-corrected chi connectivity index (χ4v) is 3.44. The van der Waals surface area contributed by atoms with Crippen LogP contribution in [0.2, 0.25) is 0 Å². The van der Waals surface area contributed by atoms with Crippen LogP contribution < -0.4 is 5.32 Å². The summed E-state index contributed by atoms with van der Waals surface area (Å²) in [7, 11) is 0. The molecular weight excluding hydrogens is 294 g/mol. The lowest BCUT2D eigenvalue weighted by Gasteiger charge is -2.23. The molecule has 3 heterocycles. The Kier molecular flexibility index (Phi) is 3.66. The van der Waals surface area contributed by atoms with Crippen molar-refractivity contribution in [2.24, 2.45) is 5.92 Å². The second kappa shape index (κ2) is 5.34. The van der Waals surface area contributed by atoms with Crippen LogP contribution in [0.3, 0.4) is 0 Å². The number of esters is 1. The van der Waals surface area contributed by atoms with Gasteiger partial charge in [0.1, 0.15) is 16.7 Å². The van der Waals surface area contributed by atoms with Crippen LogP contribution in [0.5, 0.6) is 0 Å². The van der Waals surface area contributed by atoms with E-state index in [4.69, 9.17) is 9.47 Å². The minimum Gasteiger partial charge on any atom is -0.459 e. The Labute approximate surface area is 126 Å². The standard InChI is InChI=1S/C13H17N3O4S/c1-13(2)7(6-9(17)20-13)10(18)14-12-16-15-11(21-12)8-4-3-5-19-8/h7-8H,3-6H2,1-2H3,(H,14,16,18)/t7-,8-/m1/s1. The Hall–Kier alpha value is -1.54. The lowest BCUT2D eigenvalue weighted by Crippen LogP contribution is -2.36. The van der Waals surface area contributed by atoms with E-state index in [-0.39, 0.29) is 24.4 Å². The van der Waals surface area contributed by atoms with E-state index >= 15 is 0 Å². The van der Waals surface area contributed by atoms with Crippen LogP contribution in [-0.2, 0) is 19.1 Å². The van der Waals surface area contributed by atoms with Gasteiger partial charge in [0.15, 0.2) is 0 Å². The molecule has 1 aromatic heterocycles. The van der Waals surface area contributed by atoms with E-state index in [9.17, 15) is 9.59 Å². The summed E-state index contributed by atoms with van der Waals surface area (Å²) in [5, 5.41) is 12.0. The summed E-state index contributed by atoms with van der Waals surface area (Å²) in [4.78, 5) is 23.6. The number of nitrogens with one attached hydrogen (secondary N) is 1. The third-order valence-corrected chi connectivity index (χ3v) is 4.71. The van der Waals surface area contributed by atoms with Gasteiger partial charge in [0.25, 0.3) is 0 Å². The molecule has 0 bridgehead atoms. The first kappa shape index (κ1) is 14.4. The SMILES string of the molecule is CC1(C)OC(=O)C[C@@H]1C(=O)Nc1nnc([C@H]2CCCO2)s1. The average Bonchev–Trinajstić information content (AvgIpc) is 3.08. The van der Waals surface area contributed by atoms with Crippen molar-refractivity contribution in [2.45, 2.75) is 44.8 Å². The molecule has 114 valence electrons. The van der Waals surface area contributed by atoms with Gasteiger partial charge in [0.2, 0.25) is 11.0 Å². The molecule has 0 aromatic carbocycles. The van der Waals surface area contributed by atoms with Crippen molar-refractivity contribution in [3.63, 3.8) is 0 Å². The number of carbonyl (C=O) groups is 2. The van der Waals surface area contributed by atoms with Gasteiger partial charge in [0, 0.05) is 6.61 Å². The van der Waals surface area contributed by atoms with E-state index in [1.54, 1.807) is 13.8 Å². The van der Waals surface area contributed by atoms with Crippen LogP contribution in [-0.4, -0.2) is 34.3 Å². The Balaban J connectivity index is 1.66. The van der Waals surface area contributed by atoms with Crippen molar-refractivity contribution in [3.05, 3.63) is 5.01 Å². The van der Waals surface area contributed by atoms with Crippen LogP contribution >= 0.6 is 11.3 Å². The van der Waals surface area contributed by atoms with Crippen molar-refractivity contribution in [1.29, 1.82) is 0 Å². The molecule has 2 fully saturated rings. The van der Waals surface area contributed by atoms with Crippen molar-refractivity contribution in [3.8, 4) is 0 Å². The molecule has 21 heavy (non-hydrogen) atoms. The largest absolute Gasteiger partial charge is 0.459 e. The van der Waals surface area contributed by atoms with Crippen LogP contribution in [0.1, 0.15) is 44.2 Å². The van der Waals surface area contributed by atoms with Crippen molar-refractivity contribution < 1.29 is 19.1 Å². The smallest absolute Gasteiger partial charge is 0.307 e. The quantitative estimate of drug-likeness (QED) is 0.854. The number of hydrogen-bond donors (Lipinski definition) is 1. The molecule has 1 N–H and O–H groups in total. The zero-order valence-corrected chi connectivity index (χ0v) is 12.7. The van der Waals surface area contributed by atoms with Gasteiger partial charge in [-0.2, -0.15) is 0 Å². The molecule has 0 radical (unpaired) electrons. The maximum Gasteiger partial charge on any atom is 0.307 e. The predicted octanol–water partition coefficient (Wildman–Crippen LogP) is 1.67. The number of amides is 1. The molecule has 3 rings (SSSR count). The van der Waals surface area contributed by atoms with Crippen LogP contribution in [0.15, 0.2) is 0 Å². The molecule has 2 aliphatic rings. The minimum atomic E-state index is -0.788. The van der Waals surface area contributed by atoms with Gasteiger partial charge >= 0.3 is 5.97 Å². The summed E-state index contributed by atoms with van der Waals surface area (Å²) in [5.41, 5.74) is -0.788. The monoisotopic (exact) mass is 311 g/mol. The summed E-state index contributed by atoms with van der Waals surface area (Å²) < 4.78 is 10.7. The van der Waals surface area contributed by atoms with E-state index in [1.165, 1.54) is 11.3 Å². The molecule has 8 heteroatoms. The summed E-state index contributed by atoms with van der Waals surface area (Å²) in [5.74, 6) is -1.13. The summed E-state index contributed by atoms with van der Waals surface area (Å²) in [6, 6.07) is 0. The second-order valence-corrected chi connectivity index (χ2v) is 6.78. The van der Waals surface area contributed by atoms with Gasteiger partial charge in [0.05, 0.1) is 12.3 Å². The van der Waals surface area contributed by atoms with E-state index in [0.717, 1.165) is 24.5 Å². The van der Waals surface area contributed by atoms with Crippen molar-refractivity contribution in [1.82, 2.24) is 10.2 Å². The molecule has 0 aliphatic carbocycles. The van der Waals surface area contributed by atoms with Gasteiger partial charge in [-0.1, -0.05) is 11.3 Å². The number of rotatable bonds is 3. The topological polar surface area (TPSA) is 90.4 Å². The lowest BCUT2D eigenvalue weighted by atomic mass is 9.90. The lowest BCUT2D eigenvalue weighted by molar-refractivity contribution is -0.147. The zero-order chi connectivity index (χ0) is 15.0. The molecule has 2 atom stereocenters. The van der Waals surface area contributed by atoms with Gasteiger partial charge in [-0.3, -0.25) is 9.59 Å². The molecule has 1 amide bonds. The highest BCUT2D eigenvalue weighted by Crippen LogP contribution is 2.35. The molecule has 0 saturated carbocycles. The fraction of sp³-hybridized carbons (Fsp3) is 0.692. The first-order chi connectivity index (χ1) is 9.95. The molecule has 7 nitrogen and oxygen atoms in total. The van der Waals surface area contributed by atoms with Gasteiger partial charge in [-0.25, -0.2) is 0 Å². The molecule has 2 saturated heterocycles. The highest BCUT2D eigenvalue weighted by atomic mass is 32.1. The van der Waals surface area contributed by atoms with Crippen LogP contribution in [0.4, 0.5) is 5.13 Å². The first-order valence-electron chi connectivity index (χ1n) is 6.93. The minimum absolute atomic E-state index is 0.0130. The van der Waals surface area contributed by atoms with Crippen molar-refractivity contribution >= 4 is 28.3 Å². The number of ether oxygens (including phenoxy) is 2. The van der Waals surface area contributed by atoms with E-state index in [1.807, 2.05) is 0 Å². The Morgan fingerprint density at radius 3 is 2.86 bits per heavy atom. The van der Waals surface area contributed by atoms with Crippen LogP contribution in [0, 0.1) is 5.92 Å². The molecule has 2 aliphatic heterocycles. The van der Waals surface area contributed by atoms with Crippen LogP contribution in [0.25, 0.3) is 0 Å². The van der Waals surface area contributed by atoms with Gasteiger partial charge in [-0.05, 0) is 26.7 Å². The highest BCUT2D eigenvalue weighted by molar-refractivity contribution is 7.15. The summed E-state index contributed by atoms with van der Waals surface area (Å²) in [6.07, 6.45) is 2.03. The Morgan fingerprint density at radius 2 is 2.24 bits per heavy atom. The number of anilines is 1. The predicted molar refractivity (Wildman–Crippen MR) is 74.7 cm³/mol. The van der Waals surface area contributed by atoms with Gasteiger partial charge < -0.3 is 14.8 Å². The van der Waals surface area contributed by atoms with E-state index in [2.05, 4.69) is 15.5 Å². The highest BCUT2D eigenvalue weighted by Gasteiger charge is 2.46. The Bertz CT molecular complexity index is 566. The number of aromatic nitrogens is 2. The summed E-state index contributed by atoms with van der Waals surface area (Å²) >= 11 is 1.31. The van der Waals surface area contributed by atoms with E-state index in [0.29, 0.717) is 5.13 Å². The summed E-state index contributed by atoms with van der Waals surface area (Å²) in [6.45, 7) is 4.21. The zero-order valence-electron chi connectivity index (χ0n) is 11.9. The maximum atomic E-state index is 12.3. The van der Waals surface area contributed by atoms with E-state index < -0.39 is 11.5 Å². The molecule has 1 aromatic rings.